The lowest BCUT2D eigenvalue weighted by atomic mass is 10.0. The lowest BCUT2D eigenvalue weighted by Gasteiger charge is -2.38. The Morgan fingerprint density at radius 2 is 2.00 bits per heavy atom. The highest BCUT2D eigenvalue weighted by Gasteiger charge is 2.25. The Balaban J connectivity index is 2.00. The van der Waals surface area contributed by atoms with Gasteiger partial charge in [0.1, 0.15) is 6.07 Å². The van der Waals surface area contributed by atoms with E-state index in [0.29, 0.717) is 0 Å². The highest BCUT2D eigenvalue weighted by Crippen LogP contribution is 2.31. The second-order valence-electron chi connectivity index (χ2n) is 5.60. The molecule has 4 heteroatoms. The van der Waals surface area contributed by atoms with Crippen LogP contribution >= 0.6 is 11.6 Å². The summed E-state index contributed by atoms with van der Waals surface area (Å²) in [5, 5.41) is 13.6. The maximum atomic E-state index is 9.46. The molecule has 1 N–H and O–H groups in total. The van der Waals surface area contributed by atoms with Crippen LogP contribution in [-0.2, 0) is 0 Å². The number of rotatable bonds is 2. The van der Waals surface area contributed by atoms with E-state index in [4.69, 9.17) is 11.6 Å². The van der Waals surface area contributed by atoms with Gasteiger partial charge in [0.15, 0.2) is 0 Å². The number of benzene rings is 2. The van der Waals surface area contributed by atoms with Gasteiger partial charge in [0.2, 0.25) is 0 Å². The van der Waals surface area contributed by atoms with Gasteiger partial charge in [0.25, 0.3) is 0 Å². The maximum Gasteiger partial charge on any atom is 0.101 e. The molecule has 0 aromatic heterocycles. The standard InChI is InChI=1S/C18H18ClN3/c1-13-2-7-17(15(10-13)11-20)22-9-8-21-12-18(22)14-3-5-16(19)6-4-14/h2-7,10,18,21H,8-9,12H2,1H3/t18-/m0/s1. The molecule has 1 saturated heterocycles. The summed E-state index contributed by atoms with van der Waals surface area (Å²) >= 11 is 6.00. The first-order valence-electron chi connectivity index (χ1n) is 7.42. The van der Waals surface area contributed by atoms with Crippen molar-refractivity contribution in [3.8, 4) is 6.07 Å². The van der Waals surface area contributed by atoms with Crippen LogP contribution in [0.3, 0.4) is 0 Å². The fourth-order valence-corrected chi connectivity index (χ4v) is 3.09. The number of halogens is 1. The molecule has 2 aromatic carbocycles. The van der Waals surface area contributed by atoms with Gasteiger partial charge in [-0.2, -0.15) is 5.26 Å². The Hall–Kier alpha value is -2.02. The normalized spacial score (nSPS) is 18.0. The van der Waals surface area contributed by atoms with Crippen LogP contribution in [0, 0.1) is 18.3 Å². The van der Waals surface area contributed by atoms with Crippen molar-refractivity contribution < 1.29 is 0 Å². The van der Waals surface area contributed by atoms with Gasteiger partial charge in [0, 0.05) is 24.7 Å². The topological polar surface area (TPSA) is 39.1 Å². The number of nitrogens with one attached hydrogen (secondary N) is 1. The number of anilines is 1. The Bertz CT molecular complexity index is 703. The maximum absolute atomic E-state index is 9.46. The predicted octanol–water partition coefficient (Wildman–Crippen LogP) is 3.67. The summed E-state index contributed by atoms with van der Waals surface area (Å²) in [5.41, 5.74) is 4.06. The Kier molecular flexibility index (Phi) is 4.33. The van der Waals surface area contributed by atoms with Crippen molar-refractivity contribution in [2.75, 3.05) is 24.5 Å². The molecule has 1 atom stereocenters. The van der Waals surface area contributed by atoms with Gasteiger partial charge in [-0.3, -0.25) is 0 Å². The number of nitrogens with zero attached hydrogens (tertiary/aromatic N) is 2. The predicted molar refractivity (Wildman–Crippen MR) is 90.3 cm³/mol. The van der Waals surface area contributed by atoms with E-state index in [1.165, 1.54) is 5.56 Å². The van der Waals surface area contributed by atoms with Gasteiger partial charge < -0.3 is 10.2 Å². The van der Waals surface area contributed by atoms with Crippen molar-refractivity contribution in [3.05, 3.63) is 64.2 Å². The van der Waals surface area contributed by atoms with Crippen molar-refractivity contribution in [3.63, 3.8) is 0 Å². The van der Waals surface area contributed by atoms with Crippen LogP contribution in [-0.4, -0.2) is 19.6 Å². The van der Waals surface area contributed by atoms with E-state index >= 15 is 0 Å². The molecule has 1 heterocycles. The van der Waals surface area contributed by atoms with Crippen LogP contribution in [0.15, 0.2) is 42.5 Å². The SMILES string of the molecule is Cc1ccc(N2CCNC[C@H]2c2ccc(Cl)cc2)c(C#N)c1. The summed E-state index contributed by atoms with van der Waals surface area (Å²) in [6, 6.07) is 16.6. The minimum absolute atomic E-state index is 0.209. The molecule has 3 rings (SSSR count). The van der Waals surface area contributed by atoms with E-state index in [-0.39, 0.29) is 6.04 Å². The van der Waals surface area contributed by atoms with Gasteiger partial charge in [0.05, 0.1) is 17.3 Å². The summed E-state index contributed by atoms with van der Waals surface area (Å²) in [6.45, 7) is 4.67. The molecule has 0 aliphatic carbocycles. The molecule has 1 aliphatic heterocycles. The molecule has 0 spiro atoms. The van der Waals surface area contributed by atoms with Crippen LogP contribution in [0.5, 0.6) is 0 Å². The van der Waals surface area contributed by atoms with Gasteiger partial charge in [-0.15, -0.1) is 0 Å². The first kappa shape index (κ1) is 14.9. The molecule has 0 bridgehead atoms. The second kappa shape index (κ2) is 6.39. The van der Waals surface area contributed by atoms with Gasteiger partial charge in [-0.05, 0) is 42.3 Å². The number of piperazine rings is 1. The number of hydrogen-bond donors (Lipinski definition) is 1. The van der Waals surface area contributed by atoms with Crippen molar-refractivity contribution in [1.29, 1.82) is 5.26 Å². The van der Waals surface area contributed by atoms with Crippen molar-refractivity contribution in [2.24, 2.45) is 0 Å². The zero-order valence-corrected chi connectivity index (χ0v) is 13.3. The van der Waals surface area contributed by atoms with Crippen LogP contribution in [0.4, 0.5) is 5.69 Å². The molecule has 0 amide bonds. The molecule has 1 fully saturated rings. The van der Waals surface area contributed by atoms with Crippen molar-refractivity contribution in [2.45, 2.75) is 13.0 Å². The molecule has 3 nitrogen and oxygen atoms in total. The molecule has 112 valence electrons. The summed E-state index contributed by atoms with van der Waals surface area (Å²) in [6.07, 6.45) is 0. The minimum Gasteiger partial charge on any atom is -0.361 e. The first-order chi connectivity index (χ1) is 10.7. The summed E-state index contributed by atoms with van der Waals surface area (Å²) in [7, 11) is 0. The molecular weight excluding hydrogens is 294 g/mol. The highest BCUT2D eigenvalue weighted by atomic mass is 35.5. The van der Waals surface area contributed by atoms with E-state index in [9.17, 15) is 5.26 Å². The third-order valence-electron chi connectivity index (χ3n) is 4.08. The quantitative estimate of drug-likeness (QED) is 0.919. The highest BCUT2D eigenvalue weighted by molar-refractivity contribution is 6.30. The van der Waals surface area contributed by atoms with Gasteiger partial charge >= 0.3 is 0 Å². The summed E-state index contributed by atoms with van der Waals surface area (Å²) < 4.78 is 0. The van der Waals surface area contributed by atoms with Crippen LogP contribution in [0.2, 0.25) is 5.02 Å². The molecule has 2 aromatic rings. The summed E-state index contributed by atoms with van der Waals surface area (Å²) in [5.74, 6) is 0. The zero-order valence-electron chi connectivity index (χ0n) is 12.5. The molecule has 0 unspecified atom stereocenters. The van der Waals surface area contributed by atoms with E-state index < -0.39 is 0 Å². The van der Waals surface area contributed by atoms with Crippen LogP contribution < -0.4 is 10.2 Å². The number of aryl methyl sites for hydroxylation is 1. The largest absolute Gasteiger partial charge is 0.361 e. The average Bonchev–Trinajstić information content (AvgIpc) is 2.55. The Morgan fingerprint density at radius 3 is 2.73 bits per heavy atom. The third kappa shape index (κ3) is 2.94. The molecular formula is C18H18ClN3. The van der Waals surface area contributed by atoms with Crippen molar-refractivity contribution in [1.82, 2.24) is 5.32 Å². The average molecular weight is 312 g/mol. The second-order valence-corrected chi connectivity index (χ2v) is 6.03. The van der Waals surface area contributed by atoms with Gasteiger partial charge in [-0.1, -0.05) is 29.8 Å². The van der Waals surface area contributed by atoms with E-state index in [0.717, 1.165) is 41.5 Å². The smallest absolute Gasteiger partial charge is 0.101 e. The van der Waals surface area contributed by atoms with Crippen molar-refractivity contribution >= 4 is 17.3 Å². The number of nitriles is 1. The third-order valence-corrected chi connectivity index (χ3v) is 4.33. The van der Waals surface area contributed by atoms with Gasteiger partial charge in [-0.25, -0.2) is 0 Å². The fraction of sp³-hybridized carbons (Fsp3) is 0.278. The fourth-order valence-electron chi connectivity index (χ4n) is 2.97. The first-order valence-corrected chi connectivity index (χ1v) is 7.80. The molecule has 22 heavy (non-hydrogen) atoms. The molecule has 1 aliphatic rings. The monoisotopic (exact) mass is 311 g/mol. The lowest BCUT2D eigenvalue weighted by molar-refractivity contribution is 0.489. The number of hydrogen-bond acceptors (Lipinski definition) is 3. The Morgan fingerprint density at radius 1 is 1.23 bits per heavy atom. The van der Waals surface area contributed by atoms with E-state index in [2.05, 4.69) is 40.6 Å². The van der Waals surface area contributed by atoms with Crippen LogP contribution in [0.1, 0.15) is 22.7 Å². The zero-order chi connectivity index (χ0) is 15.5. The molecule has 0 saturated carbocycles. The van der Waals surface area contributed by atoms with Crippen LogP contribution in [0.25, 0.3) is 0 Å². The van der Waals surface area contributed by atoms with E-state index in [1.54, 1.807) is 0 Å². The minimum atomic E-state index is 0.209. The Labute approximate surface area is 136 Å². The lowest BCUT2D eigenvalue weighted by Crippen LogP contribution is -2.46. The molecule has 0 radical (unpaired) electrons. The summed E-state index contributed by atoms with van der Waals surface area (Å²) in [4.78, 5) is 2.32. The van der Waals surface area contributed by atoms with E-state index in [1.807, 2.05) is 25.1 Å².